The van der Waals surface area contributed by atoms with Crippen molar-refractivity contribution >= 4 is 48.1 Å². The van der Waals surface area contributed by atoms with Crippen molar-refractivity contribution in [1.82, 2.24) is 9.80 Å². The zero-order valence-electron chi connectivity index (χ0n) is 15.7. The fraction of sp³-hybridized carbons (Fsp3) is 0.300. The summed E-state index contributed by atoms with van der Waals surface area (Å²) in [5.74, 6) is -1.18. The lowest BCUT2D eigenvalue weighted by Crippen LogP contribution is -2.48. The zero-order chi connectivity index (χ0) is 18.5. The number of rotatable bonds is 5. The molecule has 3 rings (SSSR count). The van der Waals surface area contributed by atoms with Crippen LogP contribution in [0.1, 0.15) is 10.4 Å². The molecule has 1 fully saturated rings. The van der Waals surface area contributed by atoms with Crippen LogP contribution in [0.4, 0.5) is 11.4 Å². The number of carboxylic acid groups (broad SMARTS) is 1. The van der Waals surface area contributed by atoms with E-state index in [0.717, 1.165) is 26.2 Å². The Balaban J connectivity index is 0.00000196. The summed E-state index contributed by atoms with van der Waals surface area (Å²) < 4.78 is 0. The molecule has 0 unspecified atom stereocenters. The molecular formula is C20H25Cl2N3O3. The van der Waals surface area contributed by atoms with E-state index in [2.05, 4.69) is 16.8 Å². The Morgan fingerprint density at radius 3 is 2.11 bits per heavy atom. The molecule has 1 heterocycles. The molecular weight excluding hydrogens is 401 g/mol. The molecule has 0 saturated carbocycles. The van der Waals surface area contributed by atoms with Crippen molar-refractivity contribution in [3.05, 3.63) is 60.2 Å². The SMILES string of the molecule is CN1CCN(CC(=O)N(c2ccccc2)c2ccccc2C(=O)O)CC1.Cl.Cl. The quantitative estimate of drug-likeness (QED) is 0.796. The highest BCUT2D eigenvalue weighted by Crippen LogP contribution is 2.29. The standard InChI is InChI=1S/C20H23N3O3.2ClH/c1-21-11-13-22(14-12-21)15-19(24)23(16-7-3-2-4-8-16)18-10-6-5-9-17(18)20(25)26;;/h2-10H,11-15H2,1H3,(H,25,26);2*1H. The molecule has 2 aromatic carbocycles. The van der Waals surface area contributed by atoms with Gasteiger partial charge in [-0.2, -0.15) is 0 Å². The number of benzene rings is 2. The number of halogens is 2. The minimum Gasteiger partial charge on any atom is -0.478 e. The van der Waals surface area contributed by atoms with Crippen molar-refractivity contribution in [3.8, 4) is 0 Å². The van der Waals surface area contributed by atoms with Gasteiger partial charge in [-0.1, -0.05) is 30.3 Å². The first-order valence-corrected chi connectivity index (χ1v) is 8.67. The summed E-state index contributed by atoms with van der Waals surface area (Å²) in [6, 6.07) is 15.8. The van der Waals surface area contributed by atoms with Crippen LogP contribution in [0.15, 0.2) is 54.6 Å². The van der Waals surface area contributed by atoms with Gasteiger partial charge in [-0.25, -0.2) is 4.79 Å². The summed E-state index contributed by atoms with van der Waals surface area (Å²) >= 11 is 0. The van der Waals surface area contributed by atoms with E-state index in [1.165, 1.54) is 11.0 Å². The third-order valence-corrected chi connectivity index (χ3v) is 4.59. The van der Waals surface area contributed by atoms with Gasteiger partial charge in [0.2, 0.25) is 5.91 Å². The van der Waals surface area contributed by atoms with Gasteiger partial charge in [0, 0.05) is 31.9 Å². The molecule has 0 bridgehead atoms. The molecule has 1 saturated heterocycles. The van der Waals surface area contributed by atoms with Crippen LogP contribution in [-0.2, 0) is 4.79 Å². The first-order chi connectivity index (χ1) is 12.6. The van der Waals surface area contributed by atoms with Gasteiger partial charge in [0.15, 0.2) is 0 Å². The molecule has 0 aromatic heterocycles. The highest BCUT2D eigenvalue weighted by atomic mass is 35.5. The molecule has 0 atom stereocenters. The van der Waals surface area contributed by atoms with Gasteiger partial charge in [-0.15, -0.1) is 24.8 Å². The van der Waals surface area contributed by atoms with Crippen molar-refractivity contribution in [2.75, 3.05) is 44.7 Å². The lowest BCUT2D eigenvalue weighted by molar-refractivity contribution is -0.119. The average Bonchev–Trinajstić information content (AvgIpc) is 2.65. The monoisotopic (exact) mass is 425 g/mol. The summed E-state index contributed by atoms with van der Waals surface area (Å²) in [6.07, 6.45) is 0. The van der Waals surface area contributed by atoms with Crippen LogP contribution in [0, 0.1) is 0 Å². The summed E-state index contributed by atoms with van der Waals surface area (Å²) in [4.78, 5) is 30.7. The maximum Gasteiger partial charge on any atom is 0.337 e. The molecule has 152 valence electrons. The van der Waals surface area contributed by atoms with Crippen LogP contribution in [-0.4, -0.2) is 66.6 Å². The van der Waals surface area contributed by atoms with E-state index in [1.54, 1.807) is 18.2 Å². The normalized spacial score (nSPS) is 14.5. The molecule has 8 heteroatoms. The van der Waals surface area contributed by atoms with Gasteiger partial charge in [-0.05, 0) is 31.3 Å². The number of hydrogen-bond acceptors (Lipinski definition) is 4. The number of likely N-dealkylation sites (N-methyl/N-ethyl adjacent to an activating group) is 1. The number of amides is 1. The zero-order valence-corrected chi connectivity index (χ0v) is 17.3. The Kier molecular flexibility index (Phi) is 9.41. The summed E-state index contributed by atoms with van der Waals surface area (Å²) in [5, 5.41) is 9.54. The number of piperazine rings is 1. The third kappa shape index (κ3) is 5.69. The largest absolute Gasteiger partial charge is 0.478 e. The van der Waals surface area contributed by atoms with Gasteiger partial charge >= 0.3 is 5.97 Å². The number of anilines is 2. The summed E-state index contributed by atoms with van der Waals surface area (Å²) in [6.45, 7) is 3.75. The first-order valence-electron chi connectivity index (χ1n) is 8.67. The van der Waals surface area contributed by atoms with Crippen LogP contribution in [0.2, 0.25) is 0 Å². The Morgan fingerprint density at radius 1 is 0.929 bits per heavy atom. The van der Waals surface area contributed by atoms with Crippen molar-refractivity contribution in [1.29, 1.82) is 0 Å². The number of carbonyl (C=O) groups excluding carboxylic acids is 1. The Labute approximate surface area is 177 Å². The second-order valence-corrected chi connectivity index (χ2v) is 6.47. The smallest absolute Gasteiger partial charge is 0.337 e. The predicted octanol–water partition coefficient (Wildman–Crippen LogP) is 3.14. The van der Waals surface area contributed by atoms with E-state index in [0.29, 0.717) is 11.4 Å². The molecule has 0 aliphatic carbocycles. The van der Waals surface area contributed by atoms with Crippen LogP contribution in [0.3, 0.4) is 0 Å². The maximum atomic E-state index is 13.1. The second-order valence-electron chi connectivity index (χ2n) is 6.47. The van der Waals surface area contributed by atoms with E-state index in [-0.39, 0.29) is 42.8 Å². The Bertz CT molecular complexity index is 781. The topological polar surface area (TPSA) is 64.1 Å². The number of para-hydroxylation sites is 2. The molecule has 1 N–H and O–H groups in total. The molecule has 0 radical (unpaired) electrons. The average molecular weight is 426 g/mol. The minimum atomic E-state index is -1.05. The van der Waals surface area contributed by atoms with E-state index in [9.17, 15) is 14.7 Å². The van der Waals surface area contributed by atoms with Crippen LogP contribution in [0.25, 0.3) is 0 Å². The molecule has 1 aliphatic rings. The van der Waals surface area contributed by atoms with Crippen molar-refractivity contribution in [2.45, 2.75) is 0 Å². The van der Waals surface area contributed by atoms with Gasteiger partial charge < -0.3 is 10.0 Å². The molecule has 6 nitrogen and oxygen atoms in total. The Morgan fingerprint density at radius 2 is 1.50 bits per heavy atom. The lowest BCUT2D eigenvalue weighted by atomic mass is 10.1. The Hall–Kier alpha value is -2.12. The van der Waals surface area contributed by atoms with Gasteiger partial charge in [0.25, 0.3) is 0 Å². The summed E-state index contributed by atoms with van der Waals surface area (Å²) in [7, 11) is 2.07. The third-order valence-electron chi connectivity index (χ3n) is 4.59. The van der Waals surface area contributed by atoms with Crippen molar-refractivity contribution in [2.24, 2.45) is 0 Å². The highest BCUT2D eigenvalue weighted by molar-refractivity contribution is 6.07. The molecule has 28 heavy (non-hydrogen) atoms. The van der Waals surface area contributed by atoms with Gasteiger partial charge in [0.1, 0.15) is 0 Å². The van der Waals surface area contributed by atoms with Crippen molar-refractivity contribution in [3.63, 3.8) is 0 Å². The number of carboxylic acids is 1. The van der Waals surface area contributed by atoms with Crippen LogP contribution >= 0.6 is 24.8 Å². The van der Waals surface area contributed by atoms with Crippen molar-refractivity contribution < 1.29 is 14.7 Å². The first kappa shape index (κ1) is 23.9. The van der Waals surface area contributed by atoms with E-state index in [4.69, 9.17) is 0 Å². The highest BCUT2D eigenvalue weighted by Gasteiger charge is 2.25. The number of hydrogen-bond donors (Lipinski definition) is 1. The van der Waals surface area contributed by atoms with Gasteiger partial charge in [-0.3, -0.25) is 14.6 Å². The minimum absolute atomic E-state index is 0. The van der Waals surface area contributed by atoms with E-state index < -0.39 is 5.97 Å². The fourth-order valence-electron chi connectivity index (χ4n) is 3.11. The lowest BCUT2D eigenvalue weighted by Gasteiger charge is -2.33. The predicted molar refractivity (Wildman–Crippen MR) is 115 cm³/mol. The second kappa shape index (κ2) is 11.0. The molecule has 1 aliphatic heterocycles. The fourth-order valence-corrected chi connectivity index (χ4v) is 3.11. The van der Waals surface area contributed by atoms with E-state index >= 15 is 0 Å². The number of carbonyl (C=O) groups is 2. The maximum absolute atomic E-state index is 13.1. The summed E-state index contributed by atoms with van der Waals surface area (Å²) in [5.41, 5.74) is 1.17. The van der Waals surface area contributed by atoms with Crippen LogP contribution < -0.4 is 4.90 Å². The molecule has 0 spiro atoms. The van der Waals surface area contributed by atoms with Crippen LogP contribution in [0.5, 0.6) is 0 Å². The molecule has 1 amide bonds. The number of nitrogens with zero attached hydrogens (tertiary/aromatic N) is 3. The number of aromatic carboxylic acids is 1. The molecule has 2 aromatic rings. The van der Waals surface area contributed by atoms with E-state index in [1.807, 2.05) is 30.3 Å². The van der Waals surface area contributed by atoms with Gasteiger partial charge in [0.05, 0.1) is 17.8 Å².